The van der Waals surface area contributed by atoms with Crippen LogP contribution in [0.15, 0.2) is 12.2 Å². The molecule has 1 aromatic rings. The minimum atomic E-state index is -0.416. The Morgan fingerprint density at radius 3 is 2.95 bits per heavy atom. The van der Waals surface area contributed by atoms with Gasteiger partial charge in [-0.15, -0.1) is 0 Å². The summed E-state index contributed by atoms with van der Waals surface area (Å²) in [6.45, 7) is 0.397. The average molecular weight is 298 g/mol. The van der Waals surface area contributed by atoms with Gasteiger partial charge in [0.1, 0.15) is 0 Å². The molecule has 0 aliphatic heterocycles. The lowest BCUT2D eigenvalue weighted by atomic mass is 10.2. The number of esters is 1. The zero-order valence-electron chi connectivity index (χ0n) is 11.1. The molecule has 1 aliphatic rings. The lowest BCUT2D eigenvalue weighted by Crippen LogP contribution is -2.24. The molecule has 2 N–H and O–H groups in total. The van der Waals surface area contributed by atoms with E-state index in [0.29, 0.717) is 23.9 Å². The third-order valence-electron chi connectivity index (χ3n) is 2.98. The Bertz CT molecular complexity index is 535. The summed E-state index contributed by atoms with van der Waals surface area (Å²) in [6.07, 6.45) is 5.65. The molecule has 0 atom stereocenters. The van der Waals surface area contributed by atoms with Crippen LogP contribution >= 0.6 is 11.6 Å². The van der Waals surface area contributed by atoms with Gasteiger partial charge in [0, 0.05) is 18.5 Å². The molecular weight excluding hydrogens is 282 g/mol. The molecule has 0 unspecified atom stereocenters. The highest BCUT2D eigenvalue weighted by Gasteiger charge is 2.30. The van der Waals surface area contributed by atoms with Crippen LogP contribution in [-0.2, 0) is 9.53 Å². The summed E-state index contributed by atoms with van der Waals surface area (Å²) >= 11 is 6.12. The summed E-state index contributed by atoms with van der Waals surface area (Å²) in [5.41, 5.74) is 1.08. The second-order valence-corrected chi connectivity index (χ2v) is 4.92. The van der Waals surface area contributed by atoms with E-state index in [0.717, 1.165) is 18.5 Å². The highest BCUT2D eigenvalue weighted by Crippen LogP contribution is 2.42. The van der Waals surface area contributed by atoms with Gasteiger partial charge in [0.25, 0.3) is 5.91 Å². The summed E-state index contributed by atoms with van der Waals surface area (Å²) in [5, 5.41) is 9.89. The molecule has 1 aromatic heterocycles. The van der Waals surface area contributed by atoms with Crippen molar-refractivity contribution < 1.29 is 14.3 Å². The number of aromatic amines is 1. The Morgan fingerprint density at radius 1 is 1.55 bits per heavy atom. The lowest BCUT2D eigenvalue weighted by Gasteiger charge is -2.01. The maximum absolute atomic E-state index is 11.9. The van der Waals surface area contributed by atoms with Crippen molar-refractivity contribution in [3.05, 3.63) is 28.6 Å². The van der Waals surface area contributed by atoms with E-state index in [4.69, 9.17) is 11.6 Å². The Labute approximate surface area is 121 Å². The first-order chi connectivity index (χ1) is 9.63. The second-order valence-electron chi connectivity index (χ2n) is 4.54. The smallest absolute Gasteiger partial charge is 0.330 e. The predicted octanol–water partition coefficient (Wildman–Crippen LogP) is 1.79. The van der Waals surface area contributed by atoms with E-state index >= 15 is 0 Å². The quantitative estimate of drug-likeness (QED) is 0.476. The highest BCUT2D eigenvalue weighted by molar-refractivity contribution is 6.34. The molecular formula is C13H16ClN3O3. The van der Waals surface area contributed by atoms with Crippen molar-refractivity contribution in [2.24, 2.45) is 0 Å². The number of carbonyl (C=O) groups is 2. The van der Waals surface area contributed by atoms with Crippen molar-refractivity contribution in [3.8, 4) is 0 Å². The highest BCUT2D eigenvalue weighted by atomic mass is 35.5. The van der Waals surface area contributed by atoms with Gasteiger partial charge < -0.3 is 10.1 Å². The molecule has 20 heavy (non-hydrogen) atoms. The third-order valence-corrected chi connectivity index (χ3v) is 3.37. The van der Waals surface area contributed by atoms with Crippen LogP contribution in [0.4, 0.5) is 0 Å². The predicted molar refractivity (Wildman–Crippen MR) is 73.7 cm³/mol. The molecule has 1 fully saturated rings. The van der Waals surface area contributed by atoms with Crippen molar-refractivity contribution in [3.63, 3.8) is 0 Å². The largest absolute Gasteiger partial charge is 0.466 e. The van der Waals surface area contributed by atoms with Crippen molar-refractivity contribution in [2.45, 2.75) is 25.2 Å². The molecule has 1 saturated carbocycles. The zero-order chi connectivity index (χ0) is 14.5. The first-order valence-electron chi connectivity index (χ1n) is 6.40. The fraction of sp³-hybridized carbons (Fsp3) is 0.462. The van der Waals surface area contributed by atoms with Crippen LogP contribution < -0.4 is 5.32 Å². The van der Waals surface area contributed by atoms with Crippen LogP contribution in [0.2, 0.25) is 5.02 Å². The van der Waals surface area contributed by atoms with Gasteiger partial charge in [-0.2, -0.15) is 5.10 Å². The van der Waals surface area contributed by atoms with E-state index < -0.39 is 5.97 Å². The number of rotatable bonds is 6. The Kier molecular flexibility index (Phi) is 4.79. The second kappa shape index (κ2) is 6.56. The van der Waals surface area contributed by atoms with E-state index in [1.54, 1.807) is 6.08 Å². The molecule has 6 nitrogen and oxygen atoms in total. The topological polar surface area (TPSA) is 84.1 Å². The van der Waals surface area contributed by atoms with Crippen molar-refractivity contribution in [1.82, 2.24) is 15.5 Å². The molecule has 0 saturated heterocycles. The van der Waals surface area contributed by atoms with Gasteiger partial charge in [-0.25, -0.2) is 4.79 Å². The Morgan fingerprint density at radius 2 is 2.30 bits per heavy atom. The van der Waals surface area contributed by atoms with Gasteiger partial charge in [0.15, 0.2) is 5.69 Å². The number of nitrogens with one attached hydrogen (secondary N) is 2. The van der Waals surface area contributed by atoms with Crippen molar-refractivity contribution in [1.29, 1.82) is 0 Å². The molecule has 1 heterocycles. The van der Waals surface area contributed by atoms with Gasteiger partial charge in [-0.05, 0) is 19.3 Å². The number of amides is 1. The molecule has 0 radical (unpaired) electrons. The first-order valence-corrected chi connectivity index (χ1v) is 6.77. The van der Waals surface area contributed by atoms with Crippen LogP contribution in [0.1, 0.15) is 41.4 Å². The number of H-pyrrole nitrogens is 1. The first kappa shape index (κ1) is 14.6. The summed E-state index contributed by atoms with van der Waals surface area (Å²) < 4.78 is 4.45. The van der Waals surface area contributed by atoms with Crippen LogP contribution in [0.25, 0.3) is 0 Å². The van der Waals surface area contributed by atoms with Crippen LogP contribution in [0.3, 0.4) is 0 Å². The SMILES string of the molecule is COC(=O)/C=C/CCNC(=O)c1n[nH]c(C2CC2)c1Cl. The fourth-order valence-corrected chi connectivity index (χ4v) is 2.06. The van der Waals surface area contributed by atoms with Crippen molar-refractivity contribution >= 4 is 23.5 Å². The van der Waals surface area contributed by atoms with E-state index in [9.17, 15) is 9.59 Å². The average Bonchev–Trinajstić information content (AvgIpc) is 3.21. The zero-order valence-corrected chi connectivity index (χ0v) is 11.9. The number of hydrogen-bond acceptors (Lipinski definition) is 4. The summed E-state index contributed by atoms with van der Waals surface area (Å²) in [7, 11) is 1.31. The van der Waals surface area contributed by atoms with Crippen LogP contribution in [-0.4, -0.2) is 35.7 Å². The number of halogens is 1. The van der Waals surface area contributed by atoms with Gasteiger partial charge in [-0.3, -0.25) is 9.89 Å². The molecule has 2 rings (SSSR count). The number of nitrogens with zero attached hydrogens (tertiary/aromatic N) is 1. The van der Waals surface area contributed by atoms with E-state index in [1.807, 2.05) is 0 Å². The maximum Gasteiger partial charge on any atom is 0.330 e. The number of ether oxygens (including phenoxy) is 1. The number of methoxy groups -OCH3 is 1. The molecule has 0 aromatic carbocycles. The molecule has 1 aliphatic carbocycles. The number of hydrogen-bond donors (Lipinski definition) is 2. The van der Waals surface area contributed by atoms with Crippen molar-refractivity contribution in [2.75, 3.05) is 13.7 Å². The fourth-order valence-electron chi connectivity index (χ4n) is 1.74. The van der Waals surface area contributed by atoms with E-state index in [1.165, 1.54) is 13.2 Å². The Balaban J connectivity index is 1.80. The standard InChI is InChI=1S/C13H16ClN3O3/c1-20-9(18)4-2-3-7-15-13(19)12-10(14)11(16-17-12)8-5-6-8/h2,4,8H,3,5-7H2,1H3,(H,15,19)(H,16,17)/b4-2+. The normalized spacial score (nSPS) is 14.5. The molecule has 0 spiro atoms. The monoisotopic (exact) mass is 297 g/mol. The van der Waals surface area contributed by atoms with Crippen LogP contribution in [0.5, 0.6) is 0 Å². The Hall–Kier alpha value is -1.82. The third kappa shape index (κ3) is 3.60. The summed E-state index contributed by atoms with van der Waals surface area (Å²) in [5.74, 6) is -0.315. The molecule has 108 valence electrons. The summed E-state index contributed by atoms with van der Waals surface area (Å²) in [6, 6.07) is 0. The number of aromatic nitrogens is 2. The van der Waals surface area contributed by atoms with E-state index in [-0.39, 0.29) is 11.6 Å². The minimum absolute atomic E-state index is 0.227. The van der Waals surface area contributed by atoms with Gasteiger partial charge >= 0.3 is 5.97 Å². The molecule has 1 amide bonds. The van der Waals surface area contributed by atoms with Crippen LogP contribution in [0, 0.1) is 0 Å². The molecule has 0 bridgehead atoms. The van der Waals surface area contributed by atoms with Gasteiger partial charge in [-0.1, -0.05) is 17.7 Å². The van der Waals surface area contributed by atoms with E-state index in [2.05, 4.69) is 20.3 Å². The maximum atomic E-state index is 11.9. The number of carbonyl (C=O) groups excluding carboxylic acids is 2. The minimum Gasteiger partial charge on any atom is -0.466 e. The summed E-state index contributed by atoms with van der Waals surface area (Å²) in [4.78, 5) is 22.7. The van der Waals surface area contributed by atoms with Gasteiger partial charge in [0.05, 0.1) is 17.8 Å². The van der Waals surface area contributed by atoms with Gasteiger partial charge in [0.2, 0.25) is 0 Å². The lowest BCUT2D eigenvalue weighted by molar-refractivity contribution is -0.134. The molecule has 7 heteroatoms.